The number of nitrogens with zero attached hydrogens (tertiary/aromatic N) is 1. The fourth-order valence-electron chi connectivity index (χ4n) is 1.24. The van der Waals surface area contributed by atoms with E-state index in [2.05, 4.69) is 6.92 Å². The van der Waals surface area contributed by atoms with E-state index in [1.54, 1.807) is 6.26 Å². The van der Waals surface area contributed by atoms with Gasteiger partial charge in [0, 0.05) is 19.3 Å². The number of piperidine rings is 1. The van der Waals surface area contributed by atoms with E-state index >= 15 is 0 Å². The molecule has 1 heterocycles. The van der Waals surface area contributed by atoms with Crippen LogP contribution in [-0.2, 0) is 11.0 Å². The Bertz CT molecular complexity index is 130. The summed E-state index contributed by atoms with van der Waals surface area (Å²) in [5.41, 5.74) is 0. The zero-order valence-corrected chi connectivity index (χ0v) is 9.49. The van der Waals surface area contributed by atoms with E-state index in [9.17, 15) is 4.21 Å². The summed E-state index contributed by atoms with van der Waals surface area (Å²) in [6.45, 7) is 8.30. The van der Waals surface area contributed by atoms with Crippen LogP contribution in [-0.4, -0.2) is 27.9 Å². The van der Waals surface area contributed by atoms with E-state index < -0.39 is 11.0 Å². The molecule has 1 aliphatic rings. The molecule has 1 atom stereocenters. The Balaban J connectivity index is 0.000000561. The quantitative estimate of drug-likeness (QED) is 0.621. The first-order chi connectivity index (χ1) is 5.70. The summed E-state index contributed by atoms with van der Waals surface area (Å²) in [6.07, 6.45) is 4.18. The maximum absolute atomic E-state index is 10.9. The van der Waals surface area contributed by atoms with Gasteiger partial charge in [0.25, 0.3) is 0 Å². The van der Waals surface area contributed by atoms with Crippen molar-refractivity contribution in [3.8, 4) is 0 Å². The maximum atomic E-state index is 10.9. The highest BCUT2D eigenvalue weighted by Gasteiger charge is 2.17. The van der Waals surface area contributed by atoms with Crippen molar-refractivity contribution in [3.05, 3.63) is 0 Å². The number of rotatable bonds is 1. The van der Waals surface area contributed by atoms with Gasteiger partial charge in [-0.1, -0.05) is 20.8 Å². The van der Waals surface area contributed by atoms with Gasteiger partial charge in [-0.2, -0.15) is 0 Å². The van der Waals surface area contributed by atoms with Gasteiger partial charge in [-0.25, -0.2) is 8.51 Å². The van der Waals surface area contributed by atoms with Gasteiger partial charge in [-0.05, 0) is 18.8 Å². The van der Waals surface area contributed by atoms with E-state index in [0.717, 1.165) is 19.0 Å². The van der Waals surface area contributed by atoms with Gasteiger partial charge >= 0.3 is 0 Å². The predicted octanol–water partition coefficient (Wildman–Crippen LogP) is 2.04. The van der Waals surface area contributed by atoms with Crippen molar-refractivity contribution < 1.29 is 4.21 Å². The molecule has 2 nitrogen and oxygen atoms in total. The standard InChI is InChI=1S/C7H15NOS.C2H6/c1-7-3-5-8(6-4-7)10(2)9;1-2/h7H,3-6H2,1-2H3;1-2H3. The Morgan fingerprint density at radius 1 is 1.25 bits per heavy atom. The minimum absolute atomic E-state index is 0.734. The first kappa shape index (κ1) is 12.1. The molecule has 12 heavy (non-hydrogen) atoms. The number of hydrogen-bond acceptors (Lipinski definition) is 1. The molecular formula is C9H21NOS. The zero-order valence-electron chi connectivity index (χ0n) is 8.67. The molecule has 0 saturated carbocycles. The highest BCUT2D eigenvalue weighted by Crippen LogP contribution is 2.16. The molecule has 0 bridgehead atoms. The van der Waals surface area contributed by atoms with Crippen LogP contribution >= 0.6 is 0 Å². The van der Waals surface area contributed by atoms with Crippen LogP contribution in [0.15, 0.2) is 0 Å². The smallest absolute Gasteiger partial charge is 0.0910 e. The monoisotopic (exact) mass is 191 g/mol. The Labute approximate surface area is 78.9 Å². The van der Waals surface area contributed by atoms with Gasteiger partial charge < -0.3 is 0 Å². The predicted molar refractivity (Wildman–Crippen MR) is 55.4 cm³/mol. The van der Waals surface area contributed by atoms with Gasteiger partial charge in [0.2, 0.25) is 0 Å². The topological polar surface area (TPSA) is 20.3 Å². The van der Waals surface area contributed by atoms with Crippen LogP contribution in [0.25, 0.3) is 0 Å². The van der Waals surface area contributed by atoms with E-state index in [0.29, 0.717) is 0 Å². The summed E-state index contributed by atoms with van der Waals surface area (Å²) in [5, 5.41) is 0. The fraction of sp³-hybridized carbons (Fsp3) is 1.00. The van der Waals surface area contributed by atoms with Crippen molar-refractivity contribution in [3.63, 3.8) is 0 Å². The molecule has 74 valence electrons. The molecule has 0 aliphatic carbocycles. The lowest BCUT2D eigenvalue weighted by atomic mass is 10.0. The van der Waals surface area contributed by atoms with Crippen LogP contribution in [0.5, 0.6) is 0 Å². The Morgan fingerprint density at radius 3 is 2.00 bits per heavy atom. The van der Waals surface area contributed by atoms with E-state index in [1.807, 2.05) is 18.2 Å². The fourth-order valence-corrected chi connectivity index (χ4v) is 1.97. The van der Waals surface area contributed by atoms with Crippen molar-refractivity contribution in [2.24, 2.45) is 5.92 Å². The van der Waals surface area contributed by atoms with E-state index in [4.69, 9.17) is 0 Å². The first-order valence-corrected chi connectivity index (χ1v) is 6.30. The second-order valence-electron chi connectivity index (χ2n) is 3.04. The minimum Gasteiger partial charge on any atom is -0.243 e. The van der Waals surface area contributed by atoms with Gasteiger partial charge in [-0.3, -0.25) is 0 Å². The summed E-state index contributed by atoms with van der Waals surface area (Å²) in [4.78, 5) is 0. The van der Waals surface area contributed by atoms with Gasteiger partial charge in [0.15, 0.2) is 0 Å². The summed E-state index contributed by atoms with van der Waals surface area (Å²) in [5.74, 6) is 0.833. The molecule has 0 amide bonds. The molecule has 1 saturated heterocycles. The molecule has 1 fully saturated rings. The molecule has 0 aromatic heterocycles. The van der Waals surface area contributed by atoms with Crippen LogP contribution in [0, 0.1) is 5.92 Å². The average Bonchev–Trinajstić information content (AvgIpc) is 2.09. The van der Waals surface area contributed by atoms with Crippen molar-refractivity contribution in [2.45, 2.75) is 33.6 Å². The van der Waals surface area contributed by atoms with Gasteiger partial charge in [0.05, 0.1) is 11.0 Å². The average molecular weight is 191 g/mol. The molecule has 0 N–H and O–H groups in total. The minimum atomic E-state index is -0.734. The molecule has 0 aromatic carbocycles. The highest BCUT2D eigenvalue weighted by atomic mass is 32.2. The van der Waals surface area contributed by atoms with Crippen molar-refractivity contribution in [1.29, 1.82) is 0 Å². The van der Waals surface area contributed by atoms with Crippen LogP contribution < -0.4 is 0 Å². The largest absolute Gasteiger partial charge is 0.243 e. The molecule has 3 heteroatoms. The van der Waals surface area contributed by atoms with Crippen LogP contribution in [0.4, 0.5) is 0 Å². The third-order valence-corrected chi connectivity index (χ3v) is 3.20. The lowest BCUT2D eigenvalue weighted by Crippen LogP contribution is -2.33. The molecule has 1 aliphatic heterocycles. The molecule has 0 radical (unpaired) electrons. The van der Waals surface area contributed by atoms with Crippen molar-refractivity contribution >= 4 is 11.0 Å². The van der Waals surface area contributed by atoms with E-state index in [1.165, 1.54) is 12.8 Å². The zero-order chi connectivity index (χ0) is 9.56. The Morgan fingerprint density at radius 2 is 1.67 bits per heavy atom. The molecule has 0 spiro atoms. The SMILES string of the molecule is CC.CC1CCN(S(C)=O)CC1. The van der Waals surface area contributed by atoms with Crippen LogP contribution in [0.1, 0.15) is 33.6 Å². The highest BCUT2D eigenvalue weighted by molar-refractivity contribution is 7.81. The number of hydrogen-bond donors (Lipinski definition) is 0. The van der Waals surface area contributed by atoms with Crippen LogP contribution in [0.3, 0.4) is 0 Å². The first-order valence-electron chi connectivity index (χ1n) is 4.78. The molecule has 1 unspecified atom stereocenters. The Hall–Kier alpha value is 0.110. The molecule has 1 rings (SSSR count). The summed E-state index contributed by atoms with van der Waals surface area (Å²) < 4.78 is 13.0. The van der Waals surface area contributed by atoms with Gasteiger partial charge in [0.1, 0.15) is 0 Å². The lowest BCUT2D eigenvalue weighted by Gasteiger charge is -2.27. The third kappa shape index (κ3) is 4.21. The second-order valence-corrected chi connectivity index (χ2v) is 4.40. The maximum Gasteiger partial charge on any atom is 0.0910 e. The second kappa shape index (κ2) is 6.61. The summed E-state index contributed by atoms with van der Waals surface area (Å²) in [7, 11) is -0.734. The lowest BCUT2D eigenvalue weighted by molar-refractivity contribution is 0.300. The van der Waals surface area contributed by atoms with E-state index in [-0.39, 0.29) is 0 Å². The normalized spacial score (nSPS) is 22.7. The van der Waals surface area contributed by atoms with Crippen molar-refractivity contribution in [2.75, 3.05) is 19.3 Å². The summed E-state index contributed by atoms with van der Waals surface area (Å²) >= 11 is 0. The third-order valence-electron chi connectivity index (χ3n) is 2.11. The summed E-state index contributed by atoms with van der Waals surface area (Å²) in [6, 6.07) is 0. The molecular weight excluding hydrogens is 170 g/mol. The van der Waals surface area contributed by atoms with Gasteiger partial charge in [-0.15, -0.1) is 0 Å². The van der Waals surface area contributed by atoms with Crippen molar-refractivity contribution in [1.82, 2.24) is 4.31 Å². The molecule has 0 aromatic rings. The Kier molecular flexibility index (Phi) is 6.67. The van der Waals surface area contributed by atoms with Crippen LogP contribution in [0.2, 0.25) is 0 Å².